The predicted molar refractivity (Wildman–Crippen MR) is 76.7 cm³/mol. The highest BCUT2D eigenvalue weighted by Gasteiger charge is 2.15. The first kappa shape index (κ1) is 16.6. The molecule has 0 aliphatic rings. The number of hydrogen-bond acceptors (Lipinski definition) is 5. The van der Waals surface area contributed by atoms with Gasteiger partial charge in [-0.05, 0) is 25.1 Å². The molecule has 7 heteroatoms. The molecule has 114 valence electrons. The van der Waals surface area contributed by atoms with Crippen LogP contribution in [0.2, 0.25) is 0 Å². The number of Topliss-reactive ketones (excluding diaryl/α,β-unsaturated/α-hetero) is 1. The highest BCUT2D eigenvalue weighted by molar-refractivity contribution is 5.94. The largest absolute Gasteiger partial charge is 0.496 e. The molecule has 1 aromatic carbocycles. The zero-order valence-corrected chi connectivity index (χ0v) is 12.1. The molecule has 7 nitrogen and oxygen atoms in total. The molecular weight excluding hydrogens is 274 g/mol. The minimum Gasteiger partial charge on any atom is -0.496 e. The Kier molecular flexibility index (Phi) is 5.86. The van der Waals surface area contributed by atoms with Gasteiger partial charge in [-0.1, -0.05) is 0 Å². The summed E-state index contributed by atoms with van der Waals surface area (Å²) in [5.41, 5.74) is 11.5. The van der Waals surface area contributed by atoms with Gasteiger partial charge in [-0.3, -0.25) is 19.3 Å². The minimum atomic E-state index is -0.571. The van der Waals surface area contributed by atoms with Crippen molar-refractivity contribution < 1.29 is 19.1 Å². The van der Waals surface area contributed by atoms with Gasteiger partial charge in [-0.2, -0.15) is 0 Å². The van der Waals surface area contributed by atoms with Gasteiger partial charge >= 0.3 is 0 Å². The van der Waals surface area contributed by atoms with Gasteiger partial charge in [-0.25, -0.2) is 0 Å². The molecule has 2 amide bonds. The molecule has 0 heterocycles. The van der Waals surface area contributed by atoms with Gasteiger partial charge < -0.3 is 16.2 Å². The summed E-state index contributed by atoms with van der Waals surface area (Å²) < 4.78 is 5.22. The Bertz CT molecular complexity index is 541. The van der Waals surface area contributed by atoms with Gasteiger partial charge in [0.25, 0.3) is 0 Å². The molecule has 1 rings (SSSR count). The molecule has 0 radical (unpaired) electrons. The average Bonchev–Trinajstić information content (AvgIpc) is 2.36. The number of primary amides is 2. The van der Waals surface area contributed by atoms with Crippen molar-refractivity contribution in [2.24, 2.45) is 11.5 Å². The van der Waals surface area contributed by atoms with Crippen LogP contribution in [-0.2, 0) is 16.1 Å². The molecule has 0 atom stereocenters. The van der Waals surface area contributed by atoms with Crippen LogP contribution in [0, 0.1) is 0 Å². The number of methoxy groups -OCH3 is 1. The van der Waals surface area contributed by atoms with Crippen molar-refractivity contribution in [2.45, 2.75) is 13.5 Å². The summed E-state index contributed by atoms with van der Waals surface area (Å²) >= 11 is 0. The van der Waals surface area contributed by atoms with Gasteiger partial charge in [0, 0.05) is 17.7 Å². The van der Waals surface area contributed by atoms with Gasteiger partial charge in [0.05, 0.1) is 20.2 Å². The molecule has 0 aliphatic carbocycles. The second-order valence-corrected chi connectivity index (χ2v) is 4.66. The van der Waals surface area contributed by atoms with Gasteiger partial charge in [0.15, 0.2) is 5.78 Å². The summed E-state index contributed by atoms with van der Waals surface area (Å²) in [5, 5.41) is 0. The first-order valence-corrected chi connectivity index (χ1v) is 6.30. The van der Waals surface area contributed by atoms with E-state index in [1.807, 2.05) is 0 Å². The number of carbonyl (C=O) groups is 3. The van der Waals surface area contributed by atoms with Crippen molar-refractivity contribution >= 4 is 17.6 Å². The normalized spacial score (nSPS) is 10.4. The number of rotatable bonds is 8. The van der Waals surface area contributed by atoms with Crippen LogP contribution in [-0.4, -0.2) is 42.7 Å². The van der Waals surface area contributed by atoms with E-state index >= 15 is 0 Å². The Morgan fingerprint density at radius 1 is 1.14 bits per heavy atom. The number of ether oxygens (including phenoxy) is 1. The van der Waals surface area contributed by atoms with E-state index in [1.54, 1.807) is 18.2 Å². The summed E-state index contributed by atoms with van der Waals surface area (Å²) in [4.78, 5) is 35.0. The molecule has 0 saturated carbocycles. The maximum atomic E-state index is 11.4. The fourth-order valence-corrected chi connectivity index (χ4v) is 1.97. The maximum absolute atomic E-state index is 11.4. The molecule has 4 N–H and O–H groups in total. The van der Waals surface area contributed by atoms with E-state index in [0.717, 1.165) is 0 Å². The summed E-state index contributed by atoms with van der Waals surface area (Å²) in [6.07, 6.45) is 0. The number of amides is 2. The Labute approximate surface area is 122 Å². The Morgan fingerprint density at radius 3 is 2.14 bits per heavy atom. The van der Waals surface area contributed by atoms with Crippen molar-refractivity contribution in [3.63, 3.8) is 0 Å². The van der Waals surface area contributed by atoms with Crippen LogP contribution >= 0.6 is 0 Å². The van der Waals surface area contributed by atoms with Crippen molar-refractivity contribution in [3.8, 4) is 5.75 Å². The second-order valence-electron chi connectivity index (χ2n) is 4.66. The summed E-state index contributed by atoms with van der Waals surface area (Å²) in [6.45, 7) is 1.44. The van der Waals surface area contributed by atoms with E-state index in [0.29, 0.717) is 16.9 Å². The number of nitrogens with zero attached hydrogens (tertiary/aromatic N) is 1. The fourth-order valence-electron chi connectivity index (χ4n) is 1.97. The fraction of sp³-hybridized carbons (Fsp3) is 0.357. The first-order valence-electron chi connectivity index (χ1n) is 6.30. The average molecular weight is 293 g/mol. The molecule has 0 saturated heterocycles. The van der Waals surface area contributed by atoms with Crippen LogP contribution in [0.15, 0.2) is 18.2 Å². The van der Waals surface area contributed by atoms with Crippen molar-refractivity contribution in [1.29, 1.82) is 0 Å². The molecule has 0 bridgehead atoms. The Balaban J connectivity index is 3.04. The van der Waals surface area contributed by atoms with E-state index in [1.165, 1.54) is 18.9 Å². The van der Waals surface area contributed by atoms with Crippen LogP contribution < -0.4 is 16.2 Å². The van der Waals surface area contributed by atoms with Crippen LogP contribution in [0.4, 0.5) is 0 Å². The lowest BCUT2D eigenvalue weighted by Crippen LogP contribution is -2.39. The van der Waals surface area contributed by atoms with Crippen LogP contribution in [0.5, 0.6) is 5.75 Å². The molecular formula is C14H19N3O4. The minimum absolute atomic E-state index is 0.0877. The van der Waals surface area contributed by atoms with Gasteiger partial charge in [0.2, 0.25) is 11.8 Å². The number of nitrogens with two attached hydrogens (primary N) is 2. The topological polar surface area (TPSA) is 116 Å². The third kappa shape index (κ3) is 5.23. The SMILES string of the molecule is COc1ccc(C(C)=O)cc1CN(CC(N)=O)CC(N)=O. The van der Waals surface area contributed by atoms with Crippen molar-refractivity contribution in [2.75, 3.05) is 20.2 Å². The zero-order valence-electron chi connectivity index (χ0n) is 12.1. The number of ketones is 1. The second kappa shape index (κ2) is 7.39. The van der Waals surface area contributed by atoms with Crippen molar-refractivity contribution in [1.82, 2.24) is 4.90 Å². The number of hydrogen-bond donors (Lipinski definition) is 2. The van der Waals surface area contributed by atoms with E-state index in [2.05, 4.69) is 0 Å². The summed E-state index contributed by atoms with van der Waals surface area (Å²) in [5.74, 6) is -0.676. The van der Waals surface area contributed by atoms with Crippen LogP contribution in [0.1, 0.15) is 22.8 Å². The van der Waals surface area contributed by atoms with E-state index in [9.17, 15) is 14.4 Å². The van der Waals surface area contributed by atoms with Gasteiger partial charge in [-0.15, -0.1) is 0 Å². The highest BCUT2D eigenvalue weighted by Crippen LogP contribution is 2.22. The summed E-state index contributed by atoms with van der Waals surface area (Å²) in [7, 11) is 1.50. The highest BCUT2D eigenvalue weighted by atomic mass is 16.5. The standard InChI is InChI=1S/C14H19N3O4/c1-9(18)10-3-4-12(21-2)11(5-10)6-17(7-13(15)19)8-14(16)20/h3-5H,6-8H2,1-2H3,(H2,15,19)(H2,16,20). The molecule has 0 aromatic heterocycles. The quantitative estimate of drug-likeness (QED) is 0.637. The van der Waals surface area contributed by atoms with Gasteiger partial charge in [0.1, 0.15) is 5.75 Å². The molecule has 0 fully saturated rings. The van der Waals surface area contributed by atoms with E-state index in [4.69, 9.17) is 16.2 Å². The van der Waals surface area contributed by atoms with Crippen LogP contribution in [0.25, 0.3) is 0 Å². The Morgan fingerprint density at radius 2 is 1.71 bits per heavy atom. The van der Waals surface area contributed by atoms with Crippen LogP contribution in [0.3, 0.4) is 0 Å². The maximum Gasteiger partial charge on any atom is 0.231 e. The Hall–Kier alpha value is -2.41. The zero-order chi connectivity index (χ0) is 16.0. The summed E-state index contributed by atoms with van der Waals surface area (Å²) in [6, 6.07) is 4.98. The van der Waals surface area contributed by atoms with Crippen molar-refractivity contribution in [3.05, 3.63) is 29.3 Å². The first-order chi connectivity index (χ1) is 9.83. The number of benzene rings is 1. The monoisotopic (exact) mass is 293 g/mol. The lowest BCUT2D eigenvalue weighted by molar-refractivity contribution is -0.122. The molecule has 1 aromatic rings. The molecule has 0 aliphatic heterocycles. The molecule has 0 unspecified atom stereocenters. The predicted octanol–water partition coefficient (Wildman–Crippen LogP) is -0.330. The number of carbonyl (C=O) groups excluding carboxylic acids is 3. The molecule has 21 heavy (non-hydrogen) atoms. The third-order valence-electron chi connectivity index (χ3n) is 2.84. The third-order valence-corrected chi connectivity index (χ3v) is 2.84. The molecule has 0 spiro atoms. The van der Waals surface area contributed by atoms with E-state index < -0.39 is 11.8 Å². The lowest BCUT2D eigenvalue weighted by Gasteiger charge is -2.20. The van der Waals surface area contributed by atoms with E-state index in [-0.39, 0.29) is 25.4 Å². The lowest BCUT2D eigenvalue weighted by atomic mass is 10.1. The smallest absolute Gasteiger partial charge is 0.231 e.